The maximum Gasteiger partial charge on any atom is 0.318 e. The van der Waals surface area contributed by atoms with Gasteiger partial charge in [-0.2, -0.15) is 0 Å². The predicted octanol–water partition coefficient (Wildman–Crippen LogP) is 1.73. The first-order valence-corrected chi connectivity index (χ1v) is 4.13. The first kappa shape index (κ1) is 10.2. The molecule has 74 valence electrons. The van der Waals surface area contributed by atoms with E-state index in [4.69, 9.17) is 0 Å². The fourth-order valence-electron chi connectivity index (χ4n) is 0.890. The standard InChI is InChI=1S/C10H11FN2O/c1-12-10(14)13-7-6-8-4-2-3-5-9(8)11/h2-7H,1H3,(H2,12,13,14)/b7-6+. The van der Waals surface area contributed by atoms with Gasteiger partial charge in [-0.15, -0.1) is 0 Å². The van der Waals surface area contributed by atoms with Crippen LogP contribution in [0.1, 0.15) is 5.56 Å². The third-order valence-electron chi connectivity index (χ3n) is 1.61. The van der Waals surface area contributed by atoms with Gasteiger partial charge in [-0.05, 0) is 12.1 Å². The minimum absolute atomic E-state index is 0.317. The number of rotatable bonds is 2. The molecule has 2 amide bonds. The number of hydrogen-bond donors (Lipinski definition) is 2. The lowest BCUT2D eigenvalue weighted by atomic mass is 10.2. The van der Waals surface area contributed by atoms with E-state index in [1.165, 1.54) is 25.4 Å². The van der Waals surface area contributed by atoms with Crippen molar-refractivity contribution in [1.82, 2.24) is 10.6 Å². The summed E-state index contributed by atoms with van der Waals surface area (Å²) < 4.78 is 13.0. The van der Waals surface area contributed by atoms with Crippen molar-refractivity contribution in [2.75, 3.05) is 7.05 Å². The topological polar surface area (TPSA) is 41.1 Å². The second-order valence-electron chi connectivity index (χ2n) is 2.58. The number of nitrogens with one attached hydrogen (secondary N) is 2. The van der Waals surface area contributed by atoms with Crippen molar-refractivity contribution in [3.05, 3.63) is 41.8 Å². The van der Waals surface area contributed by atoms with Crippen LogP contribution in [0.5, 0.6) is 0 Å². The van der Waals surface area contributed by atoms with Gasteiger partial charge in [0.2, 0.25) is 0 Å². The van der Waals surface area contributed by atoms with Crippen molar-refractivity contribution >= 4 is 12.1 Å². The summed E-state index contributed by atoms with van der Waals surface area (Å²) in [6.45, 7) is 0. The highest BCUT2D eigenvalue weighted by molar-refractivity contribution is 5.75. The van der Waals surface area contributed by atoms with Gasteiger partial charge in [0.1, 0.15) is 5.82 Å². The Labute approximate surface area is 81.6 Å². The summed E-state index contributed by atoms with van der Waals surface area (Å²) in [6.07, 6.45) is 2.88. The molecule has 0 aliphatic heterocycles. The van der Waals surface area contributed by atoms with E-state index in [1.54, 1.807) is 18.2 Å². The van der Waals surface area contributed by atoms with E-state index >= 15 is 0 Å². The Kier molecular flexibility index (Phi) is 3.67. The molecule has 0 unspecified atom stereocenters. The molecule has 0 radical (unpaired) electrons. The van der Waals surface area contributed by atoms with Crippen molar-refractivity contribution in [2.45, 2.75) is 0 Å². The minimum Gasteiger partial charge on any atom is -0.341 e. The molecule has 0 aliphatic rings. The molecular weight excluding hydrogens is 183 g/mol. The molecule has 1 aromatic carbocycles. The number of carbonyl (C=O) groups excluding carboxylic acids is 1. The predicted molar refractivity (Wildman–Crippen MR) is 53.0 cm³/mol. The molecule has 0 saturated heterocycles. The van der Waals surface area contributed by atoms with E-state index in [-0.39, 0.29) is 11.8 Å². The monoisotopic (exact) mass is 194 g/mol. The number of carbonyl (C=O) groups is 1. The normalized spacial score (nSPS) is 10.1. The van der Waals surface area contributed by atoms with Gasteiger partial charge in [-0.25, -0.2) is 9.18 Å². The van der Waals surface area contributed by atoms with Crippen LogP contribution in [0.3, 0.4) is 0 Å². The van der Waals surface area contributed by atoms with Gasteiger partial charge in [0.15, 0.2) is 0 Å². The van der Waals surface area contributed by atoms with Crippen LogP contribution in [0.2, 0.25) is 0 Å². The van der Waals surface area contributed by atoms with Crippen LogP contribution in [-0.4, -0.2) is 13.1 Å². The molecule has 1 aromatic rings. The number of urea groups is 1. The molecule has 0 aromatic heterocycles. The Morgan fingerprint density at radius 1 is 1.43 bits per heavy atom. The number of hydrogen-bond acceptors (Lipinski definition) is 1. The lowest BCUT2D eigenvalue weighted by molar-refractivity contribution is 0.246. The van der Waals surface area contributed by atoms with E-state index in [1.807, 2.05) is 0 Å². The molecular formula is C10H11FN2O. The molecule has 0 heterocycles. The van der Waals surface area contributed by atoms with Gasteiger partial charge in [-0.3, -0.25) is 0 Å². The molecule has 3 nitrogen and oxygen atoms in total. The lowest BCUT2D eigenvalue weighted by Gasteiger charge is -1.97. The second kappa shape index (κ2) is 5.01. The summed E-state index contributed by atoms with van der Waals surface area (Å²) in [5, 5.41) is 4.78. The average Bonchev–Trinajstić information content (AvgIpc) is 2.20. The minimum atomic E-state index is -0.336. The molecule has 0 aliphatic carbocycles. The van der Waals surface area contributed by atoms with Crippen LogP contribution < -0.4 is 10.6 Å². The molecule has 0 spiro atoms. The molecule has 0 atom stereocenters. The molecule has 1 rings (SSSR count). The largest absolute Gasteiger partial charge is 0.341 e. The van der Waals surface area contributed by atoms with Crippen molar-refractivity contribution in [2.24, 2.45) is 0 Å². The van der Waals surface area contributed by atoms with Gasteiger partial charge < -0.3 is 10.6 Å². The van der Waals surface area contributed by atoms with Gasteiger partial charge >= 0.3 is 6.03 Å². The Morgan fingerprint density at radius 3 is 2.79 bits per heavy atom. The molecule has 4 heteroatoms. The third-order valence-corrected chi connectivity index (χ3v) is 1.61. The summed E-state index contributed by atoms with van der Waals surface area (Å²) in [7, 11) is 1.51. The van der Waals surface area contributed by atoms with Crippen molar-refractivity contribution < 1.29 is 9.18 Å². The van der Waals surface area contributed by atoms with Crippen LogP contribution in [0.15, 0.2) is 30.5 Å². The fraction of sp³-hybridized carbons (Fsp3) is 0.100. The van der Waals surface area contributed by atoms with Crippen molar-refractivity contribution in [3.63, 3.8) is 0 Å². The number of benzene rings is 1. The van der Waals surface area contributed by atoms with Gasteiger partial charge in [0.05, 0.1) is 0 Å². The molecule has 0 fully saturated rings. The Hall–Kier alpha value is -1.84. The highest BCUT2D eigenvalue weighted by Gasteiger charge is 1.95. The summed E-state index contributed by atoms with van der Waals surface area (Å²) >= 11 is 0. The first-order chi connectivity index (χ1) is 6.74. The van der Waals surface area contributed by atoms with E-state index < -0.39 is 0 Å². The highest BCUT2D eigenvalue weighted by atomic mass is 19.1. The number of amides is 2. The SMILES string of the molecule is CNC(=O)N/C=C/c1ccccc1F. The van der Waals surface area contributed by atoms with Crippen molar-refractivity contribution in [3.8, 4) is 0 Å². The van der Waals surface area contributed by atoms with Crippen LogP contribution in [-0.2, 0) is 0 Å². The maximum atomic E-state index is 13.0. The fourth-order valence-corrected chi connectivity index (χ4v) is 0.890. The van der Waals surface area contributed by atoms with Crippen molar-refractivity contribution in [1.29, 1.82) is 0 Å². The summed E-state index contributed by atoms with van der Waals surface area (Å²) in [5.41, 5.74) is 0.434. The maximum absolute atomic E-state index is 13.0. The van der Waals surface area contributed by atoms with E-state index in [9.17, 15) is 9.18 Å². The molecule has 0 bridgehead atoms. The molecule has 2 N–H and O–H groups in total. The smallest absolute Gasteiger partial charge is 0.318 e. The van der Waals surface area contributed by atoms with Crippen LogP contribution in [0, 0.1) is 5.82 Å². The van der Waals surface area contributed by atoms with Crippen LogP contribution in [0.4, 0.5) is 9.18 Å². The quantitative estimate of drug-likeness (QED) is 0.739. The summed E-state index contributed by atoms with van der Waals surface area (Å²) in [5.74, 6) is -0.317. The Morgan fingerprint density at radius 2 is 2.14 bits per heavy atom. The van der Waals surface area contributed by atoms with Crippen LogP contribution in [0.25, 0.3) is 6.08 Å². The van der Waals surface area contributed by atoms with Gasteiger partial charge in [0.25, 0.3) is 0 Å². The third kappa shape index (κ3) is 2.90. The zero-order valence-electron chi connectivity index (χ0n) is 7.75. The van der Waals surface area contributed by atoms with Gasteiger partial charge in [-0.1, -0.05) is 18.2 Å². The first-order valence-electron chi connectivity index (χ1n) is 4.13. The Balaban J connectivity index is 2.60. The zero-order valence-corrected chi connectivity index (χ0v) is 7.75. The van der Waals surface area contributed by atoms with Crippen LogP contribution >= 0.6 is 0 Å². The average molecular weight is 194 g/mol. The summed E-state index contributed by atoms with van der Waals surface area (Å²) in [6, 6.07) is 5.98. The second-order valence-corrected chi connectivity index (χ2v) is 2.58. The molecule has 14 heavy (non-hydrogen) atoms. The Bertz CT molecular complexity index is 350. The van der Waals surface area contributed by atoms with Gasteiger partial charge in [0, 0.05) is 18.8 Å². The van der Waals surface area contributed by atoms with E-state index in [2.05, 4.69) is 10.6 Å². The summed E-state index contributed by atoms with van der Waals surface area (Å²) in [4.78, 5) is 10.7. The number of halogens is 1. The zero-order chi connectivity index (χ0) is 10.4. The lowest BCUT2D eigenvalue weighted by Crippen LogP contribution is -2.28. The molecule has 0 saturated carbocycles. The highest BCUT2D eigenvalue weighted by Crippen LogP contribution is 2.07. The van der Waals surface area contributed by atoms with E-state index in [0.29, 0.717) is 5.56 Å². The van der Waals surface area contributed by atoms with E-state index in [0.717, 1.165) is 0 Å².